The fraction of sp³-hybridized carbons (Fsp3) is 0.545. The lowest BCUT2D eigenvalue weighted by Crippen LogP contribution is -2.42. The molecule has 3 aromatic rings. The Hall–Kier alpha value is -2.62. The van der Waals surface area contributed by atoms with Crippen LogP contribution in [0.5, 0.6) is 0 Å². The van der Waals surface area contributed by atoms with E-state index in [1.165, 1.54) is 0 Å². The second kappa shape index (κ2) is 8.73. The van der Waals surface area contributed by atoms with Gasteiger partial charge in [-0.05, 0) is 56.5 Å². The fourth-order valence-corrected chi connectivity index (χ4v) is 4.76. The lowest BCUT2D eigenvalue weighted by Gasteiger charge is -2.34. The van der Waals surface area contributed by atoms with Gasteiger partial charge in [-0.3, -0.25) is 4.68 Å². The number of carbonyl (C=O) groups is 1. The second-order valence-corrected chi connectivity index (χ2v) is 9.94. The van der Waals surface area contributed by atoms with Crippen LogP contribution < -0.4 is 5.32 Å². The average molecular weight is 504 g/mol. The number of halogens is 1. The van der Waals surface area contributed by atoms with Crippen LogP contribution in [0.4, 0.5) is 10.6 Å². The molecule has 1 N–H and O–H groups in total. The number of rotatable bonds is 4. The highest BCUT2D eigenvalue weighted by molar-refractivity contribution is 9.10. The van der Waals surface area contributed by atoms with E-state index in [1.807, 2.05) is 50.9 Å². The number of nitrogens with zero attached hydrogens (tertiary/aromatic N) is 6. The van der Waals surface area contributed by atoms with E-state index in [0.29, 0.717) is 13.1 Å². The highest BCUT2D eigenvalue weighted by atomic mass is 79.9. The zero-order chi connectivity index (χ0) is 23.0. The van der Waals surface area contributed by atoms with Crippen molar-refractivity contribution in [1.29, 1.82) is 0 Å². The number of likely N-dealkylation sites (tertiary alicyclic amines) is 1. The van der Waals surface area contributed by atoms with Crippen LogP contribution in [0.15, 0.2) is 23.1 Å². The second-order valence-electron chi connectivity index (χ2n) is 9.15. The SMILES string of the molecule is CCNc1c(Br)c(C2CCCN(C(=O)OC(C)(C)C)C2)nc2c(-c3cnn(C)c3)cnn12. The van der Waals surface area contributed by atoms with Crippen LogP contribution in [-0.2, 0) is 11.8 Å². The van der Waals surface area contributed by atoms with Gasteiger partial charge in [-0.15, -0.1) is 0 Å². The molecule has 4 rings (SSSR count). The predicted molar refractivity (Wildman–Crippen MR) is 127 cm³/mol. The minimum Gasteiger partial charge on any atom is -0.444 e. The first-order valence-corrected chi connectivity index (χ1v) is 11.7. The number of aryl methyl sites for hydroxylation is 1. The molecule has 1 unspecified atom stereocenters. The Morgan fingerprint density at radius 3 is 2.75 bits per heavy atom. The summed E-state index contributed by atoms with van der Waals surface area (Å²) in [6.45, 7) is 9.72. The Bertz CT molecular complexity index is 1130. The van der Waals surface area contributed by atoms with E-state index in [1.54, 1.807) is 9.58 Å². The van der Waals surface area contributed by atoms with Crippen LogP contribution in [-0.4, -0.2) is 60.6 Å². The number of hydrogen-bond donors (Lipinski definition) is 1. The molecule has 1 aliphatic heterocycles. The van der Waals surface area contributed by atoms with Gasteiger partial charge in [0.15, 0.2) is 5.65 Å². The van der Waals surface area contributed by atoms with Gasteiger partial charge >= 0.3 is 6.09 Å². The van der Waals surface area contributed by atoms with E-state index in [9.17, 15) is 4.79 Å². The maximum absolute atomic E-state index is 12.7. The van der Waals surface area contributed by atoms with E-state index in [4.69, 9.17) is 9.72 Å². The van der Waals surface area contributed by atoms with E-state index in [2.05, 4.69) is 38.4 Å². The number of fused-ring (bicyclic) bond motifs is 1. The Morgan fingerprint density at radius 1 is 1.31 bits per heavy atom. The molecular weight excluding hydrogens is 474 g/mol. The van der Waals surface area contributed by atoms with Crippen molar-refractivity contribution in [3.63, 3.8) is 0 Å². The summed E-state index contributed by atoms with van der Waals surface area (Å²) >= 11 is 3.78. The molecule has 4 heterocycles. The van der Waals surface area contributed by atoms with Gasteiger partial charge in [0.1, 0.15) is 11.4 Å². The first kappa shape index (κ1) is 22.6. The minimum absolute atomic E-state index is 0.0877. The zero-order valence-electron chi connectivity index (χ0n) is 19.2. The maximum atomic E-state index is 12.7. The predicted octanol–water partition coefficient (Wildman–Crippen LogP) is 4.44. The number of carbonyl (C=O) groups excluding carboxylic acids is 1. The van der Waals surface area contributed by atoms with Crippen molar-refractivity contribution < 1.29 is 9.53 Å². The Morgan fingerprint density at radius 2 is 2.09 bits per heavy atom. The van der Waals surface area contributed by atoms with Crippen molar-refractivity contribution >= 4 is 33.5 Å². The molecule has 0 saturated carbocycles. The summed E-state index contributed by atoms with van der Waals surface area (Å²) in [5.74, 6) is 0.946. The van der Waals surface area contributed by atoms with Crippen LogP contribution in [0, 0.1) is 0 Å². The standard InChI is InChI=1S/C22H30BrN7O2/c1-6-24-20-17(23)18(14-8-7-9-29(13-14)21(31)32-22(2,3)4)27-19-16(11-26-30(19)20)15-10-25-28(5)12-15/h10-12,14,24H,6-9,13H2,1-5H3. The van der Waals surface area contributed by atoms with Crippen molar-refractivity contribution in [1.82, 2.24) is 29.3 Å². The molecule has 172 valence electrons. The smallest absolute Gasteiger partial charge is 0.410 e. The molecule has 1 atom stereocenters. The van der Waals surface area contributed by atoms with E-state index >= 15 is 0 Å². The third kappa shape index (κ3) is 4.46. The maximum Gasteiger partial charge on any atom is 0.410 e. The molecule has 1 saturated heterocycles. The average Bonchev–Trinajstić information content (AvgIpc) is 3.34. The largest absolute Gasteiger partial charge is 0.444 e. The summed E-state index contributed by atoms with van der Waals surface area (Å²) in [6, 6.07) is 0. The monoisotopic (exact) mass is 503 g/mol. The highest BCUT2D eigenvalue weighted by Gasteiger charge is 2.31. The summed E-state index contributed by atoms with van der Waals surface area (Å²) in [4.78, 5) is 19.5. The molecule has 1 amide bonds. The quantitative estimate of drug-likeness (QED) is 0.565. The number of piperidine rings is 1. The first-order valence-electron chi connectivity index (χ1n) is 11.0. The van der Waals surface area contributed by atoms with Crippen LogP contribution in [0.25, 0.3) is 16.8 Å². The number of anilines is 1. The van der Waals surface area contributed by atoms with Gasteiger partial charge in [0.25, 0.3) is 0 Å². The normalized spacial score (nSPS) is 17.1. The van der Waals surface area contributed by atoms with Gasteiger partial charge < -0.3 is 15.0 Å². The molecule has 0 bridgehead atoms. The molecule has 0 aromatic carbocycles. The van der Waals surface area contributed by atoms with Gasteiger partial charge in [-0.1, -0.05) is 0 Å². The molecule has 3 aromatic heterocycles. The van der Waals surface area contributed by atoms with Crippen LogP contribution in [0.1, 0.15) is 52.1 Å². The lowest BCUT2D eigenvalue weighted by atomic mass is 9.94. The van der Waals surface area contributed by atoms with Gasteiger partial charge in [0.05, 0.1) is 22.6 Å². The molecule has 9 nitrogen and oxygen atoms in total. The lowest BCUT2D eigenvalue weighted by molar-refractivity contribution is 0.0197. The zero-order valence-corrected chi connectivity index (χ0v) is 20.8. The van der Waals surface area contributed by atoms with E-state index in [0.717, 1.165) is 52.1 Å². The first-order chi connectivity index (χ1) is 15.2. The Balaban J connectivity index is 1.74. The van der Waals surface area contributed by atoms with E-state index < -0.39 is 5.60 Å². The van der Waals surface area contributed by atoms with Crippen molar-refractivity contribution in [2.75, 3.05) is 25.0 Å². The van der Waals surface area contributed by atoms with Crippen LogP contribution in [0.3, 0.4) is 0 Å². The third-order valence-corrected chi connectivity index (χ3v) is 6.22. The van der Waals surface area contributed by atoms with Crippen LogP contribution >= 0.6 is 15.9 Å². The van der Waals surface area contributed by atoms with Gasteiger partial charge in [-0.25, -0.2) is 9.78 Å². The minimum atomic E-state index is -0.518. The van der Waals surface area contributed by atoms with Gasteiger partial charge in [0, 0.05) is 49.9 Å². The molecule has 10 heteroatoms. The Kier molecular flexibility index (Phi) is 6.15. The number of nitrogens with one attached hydrogen (secondary N) is 1. The van der Waals surface area contributed by atoms with Crippen molar-refractivity contribution in [2.45, 2.75) is 52.1 Å². The van der Waals surface area contributed by atoms with Crippen molar-refractivity contribution in [3.8, 4) is 11.1 Å². The number of amides is 1. The summed E-state index contributed by atoms with van der Waals surface area (Å²) in [5, 5.41) is 12.3. The Labute approximate surface area is 196 Å². The van der Waals surface area contributed by atoms with Crippen molar-refractivity contribution in [3.05, 3.63) is 28.8 Å². The van der Waals surface area contributed by atoms with Gasteiger partial charge in [-0.2, -0.15) is 14.7 Å². The summed E-state index contributed by atoms with van der Waals surface area (Å²) in [7, 11) is 1.89. The van der Waals surface area contributed by atoms with Gasteiger partial charge in [0.2, 0.25) is 0 Å². The molecule has 0 radical (unpaired) electrons. The van der Waals surface area contributed by atoms with E-state index in [-0.39, 0.29) is 12.0 Å². The number of hydrogen-bond acceptors (Lipinski definition) is 6. The molecule has 1 fully saturated rings. The summed E-state index contributed by atoms with van der Waals surface area (Å²) in [6.07, 6.45) is 7.17. The summed E-state index contributed by atoms with van der Waals surface area (Å²) in [5.41, 5.74) is 3.06. The molecule has 32 heavy (non-hydrogen) atoms. The number of aromatic nitrogens is 5. The number of ether oxygens (including phenoxy) is 1. The molecule has 0 aliphatic carbocycles. The molecule has 1 aliphatic rings. The van der Waals surface area contributed by atoms with Crippen molar-refractivity contribution in [2.24, 2.45) is 7.05 Å². The molecule has 0 spiro atoms. The topological polar surface area (TPSA) is 89.6 Å². The van der Waals surface area contributed by atoms with Crippen LogP contribution in [0.2, 0.25) is 0 Å². The fourth-order valence-electron chi connectivity index (χ4n) is 4.04. The molecular formula is C22H30BrN7O2. The summed E-state index contributed by atoms with van der Waals surface area (Å²) < 4.78 is 10.1. The third-order valence-electron chi connectivity index (χ3n) is 5.43. The highest BCUT2D eigenvalue weighted by Crippen LogP contribution is 2.37.